The lowest BCUT2D eigenvalue weighted by atomic mass is 9.96. The molecule has 0 aliphatic carbocycles. The first-order valence-electron chi connectivity index (χ1n) is 4.76. The first-order chi connectivity index (χ1) is 6.17. The van der Waals surface area contributed by atoms with Crippen LogP contribution in [-0.2, 0) is 5.60 Å². The van der Waals surface area contributed by atoms with Crippen LogP contribution in [0.25, 0.3) is 0 Å². The molecule has 0 bridgehead atoms. The van der Waals surface area contributed by atoms with Gasteiger partial charge in [0.05, 0.1) is 6.54 Å². The van der Waals surface area contributed by atoms with E-state index in [9.17, 15) is 5.11 Å². The zero-order chi connectivity index (χ0) is 9.73. The Labute approximate surface area is 79.6 Å². The second kappa shape index (κ2) is 4.40. The molecule has 72 valence electrons. The van der Waals surface area contributed by atoms with E-state index in [0.29, 0.717) is 6.54 Å². The number of quaternary nitrogens is 1. The predicted octanol–water partition coefficient (Wildman–Crippen LogP) is 0.477. The smallest absolute Gasteiger partial charge is 0.135 e. The highest BCUT2D eigenvalue weighted by molar-refractivity contribution is 5.21. The quantitative estimate of drug-likeness (QED) is 0.694. The lowest BCUT2D eigenvalue weighted by Crippen LogP contribution is -2.86. The summed E-state index contributed by atoms with van der Waals surface area (Å²) in [5, 5.41) is 12.2. The number of hydrogen-bond acceptors (Lipinski definition) is 1. The van der Waals surface area contributed by atoms with Crippen molar-refractivity contribution in [2.45, 2.75) is 19.4 Å². The first kappa shape index (κ1) is 10.2. The van der Waals surface area contributed by atoms with Crippen molar-refractivity contribution in [2.24, 2.45) is 0 Å². The second-order valence-corrected chi connectivity index (χ2v) is 3.54. The van der Waals surface area contributed by atoms with Crippen LogP contribution < -0.4 is 5.32 Å². The molecule has 0 saturated carbocycles. The number of rotatable bonds is 4. The Bertz CT molecular complexity index is 244. The highest BCUT2D eigenvalue weighted by Gasteiger charge is 2.24. The van der Waals surface area contributed by atoms with Gasteiger partial charge < -0.3 is 10.4 Å². The molecule has 0 aliphatic rings. The fourth-order valence-electron chi connectivity index (χ4n) is 1.34. The minimum Gasteiger partial charge on any atom is -0.380 e. The molecular weight excluding hydrogens is 162 g/mol. The third kappa shape index (κ3) is 2.83. The van der Waals surface area contributed by atoms with Crippen LogP contribution in [0.15, 0.2) is 30.3 Å². The van der Waals surface area contributed by atoms with E-state index in [4.69, 9.17) is 0 Å². The van der Waals surface area contributed by atoms with E-state index in [1.54, 1.807) is 0 Å². The van der Waals surface area contributed by atoms with Crippen molar-refractivity contribution in [3.8, 4) is 0 Å². The van der Waals surface area contributed by atoms with Crippen molar-refractivity contribution >= 4 is 0 Å². The van der Waals surface area contributed by atoms with Crippen LogP contribution in [0.1, 0.15) is 19.4 Å². The highest BCUT2D eigenvalue weighted by atomic mass is 16.3. The summed E-state index contributed by atoms with van der Waals surface area (Å²) in [6.45, 7) is 5.66. The first-order valence-corrected chi connectivity index (χ1v) is 4.76. The highest BCUT2D eigenvalue weighted by Crippen LogP contribution is 2.17. The Hall–Kier alpha value is -0.860. The van der Waals surface area contributed by atoms with Crippen LogP contribution in [0.4, 0.5) is 0 Å². The summed E-state index contributed by atoms with van der Waals surface area (Å²) in [7, 11) is 0. The van der Waals surface area contributed by atoms with E-state index < -0.39 is 5.60 Å². The molecule has 3 N–H and O–H groups in total. The van der Waals surface area contributed by atoms with Gasteiger partial charge in [-0.25, -0.2) is 0 Å². The van der Waals surface area contributed by atoms with Crippen LogP contribution in [0, 0.1) is 0 Å². The molecule has 0 aliphatic heterocycles. The molecule has 1 rings (SSSR count). The van der Waals surface area contributed by atoms with Gasteiger partial charge >= 0.3 is 0 Å². The average molecular weight is 180 g/mol. The zero-order valence-electron chi connectivity index (χ0n) is 8.33. The van der Waals surface area contributed by atoms with Gasteiger partial charge in [0.1, 0.15) is 12.1 Å². The molecule has 0 unspecified atom stereocenters. The van der Waals surface area contributed by atoms with Crippen LogP contribution in [0.2, 0.25) is 0 Å². The summed E-state index contributed by atoms with van der Waals surface area (Å²) in [6.07, 6.45) is 0. The fraction of sp³-hybridized carbons (Fsp3) is 0.455. The summed E-state index contributed by atoms with van der Waals surface area (Å²) in [6, 6.07) is 9.79. The number of hydrogen-bond donors (Lipinski definition) is 2. The Morgan fingerprint density at radius 1 is 1.31 bits per heavy atom. The summed E-state index contributed by atoms with van der Waals surface area (Å²) < 4.78 is 0. The van der Waals surface area contributed by atoms with Crippen LogP contribution >= 0.6 is 0 Å². The van der Waals surface area contributed by atoms with Crippen molar-refractivity contribution < 1.29 is 10.4 Å². The molecule has 13 heavy (non-hydrogen) atoms. The van der Waals surface area contributed by atoms with Crippen molar-refractivity contribution in [1.82, 2.24) is 0 Å². The van der Waals surface area contributed by atoms with Gasteiger partial charge in [0.25, 0.3) is 0 Å². The van der Waals surface area contributed by atoms with Gasteiger partial charge in [-0.05, 0) is 19.4 Å². The molecule has 0 heterocycles. The lowest BCUT2D eigenvalue weighted by molar-refractivity contribution is -0.665. The zero-order valence-corrected chi connectivity index (χ0v) is 8.33. The number of likely N-dealkylation sites (N-methyl/N-ethyl adjacent to an activating group) is 1. The van der Waals surface area contributed by atoms with E-state index >= 15 is 0 Å². The van der Waals surface area contributed by atoms with Crippen LogP contribution in [-0.4, -0.2) is 18.2 Å². The topological polar surface area (TPSA) is 36.8 Å². The maximum atomic E-state index is 10.1. The molecule has 1 aromatic rings. The average Bonchev–Trinajstić information content (AvgIpc) is 2.16. The minimum atomic E-state index is -0.711. The molecule has 0 fully saturated rings. The molecule has 1 atom stereocenters. The number of benzene rings is 1. The Morgan fingerprint density at radius 3 is 2.46 bits per heavy atom. The van der Waals surface area contributed by atoms with Crippen molar-refractivity contribution in [3.05, 3.63) is 35.9 Å². The SMILES string of the molecule is CC[NH2+]C[C@@](C)(O)c1ccccc1. The minimum absolute atomic E-state index is 0.711. The third-order valence-corrected chi connectivity index (χ3v) is 2.23. The van der Waals surface area contributed by atoms with E-state index in [-0.39, 0.29) is 0 Å². The van der Waals surface area contributed by atoms with Gasteiger partial charge in [-0.15, -0.1) is 0 Å². The number of aliphatic hydroxyl groups is 1. The Balaban J connectivity index is 2.69. The van der Waals surface area contributed by atoms with Gasteiger partial charge in [0.2, 0.25) is 0 Å². The molecule has 0 saturated heterocycles. The van der Waals surface area contributed by atoms with E-state index in [2.05, 4.69) is 12.2 Å². The van der Waals surface area contributed by atoms with Gasteiger partial charge in [-0.2, -0.15) is 0 Å². The molecule has 2 nitrogen and oxygen atoms in total. The van der Waals surface area contributed by atoms with Gasteiger partial charge in [0, 0.05) is 0 Å². The predicted molar refractivity (Wildman–Crippen MR) is 53.3 cm³/mol. The van der Waals surface area contributed by atoms with Gasteiger partial charge in [-0.1, -0.05) is 30.3 Å². The summed E-state index contributed by atoms with van der Waals surface area (Å²) >= 11 is 0. The molecule has 0 aromatic heterocycles. The summed E-state index contributed by atoms with van der Waals surface area (Å²) in [4.78, 5) is 0. The summed E-state index contributed by atoms with van der Waals surface area (Å²) in [5.74, 6) is 0. The molecule has 1 aromatic carbocycles. The molecular formula is C11H18NO+. The van der Waals surface area contributed by atoms with Gasteiger partial charge in [-0.3, -0.25) is 0 Å². The maximum absolute atomic E-state index is 10.1. The van der Waals surface area contributed by atoms with Crippen molar-refractivity contribution in [2.75, 3.05) is 13.1 Å². The monoisotopic (exact) mass is 180 g/mol. The van der Waals surface area contributed by atoms with Crippen molar-refractivity contribution in [3.63, 3.8) is 0 Å². The van der Waals surface area contributed by atoms with Crippen LogP contribution in [0.5, 0.6) is 0 Å². The standard InChI is InChI=1S/C11H17NO/c1-3-12-9-11(2,13)10-7-5-4-6-8-10/h4-8,12-13H,3,9H2,1-2H3/p+1/t11-/m1/s1. The number of nitrogens with two attached hydrogens (primary N) is 1. The second-order valence-electron chi connectivity index (χ2n) is 3.54. The molecule has 0 radical (unpaired) electrons. The fourth-order valence-corrected chi connectivity index (χ4v) is 1.34. The van der Waals surface area contributed by atoms with Crippen molar-refractivity contribution in [1.29, 1.82) is 0 Å². The molecule has 0 spiro atoms. The van der Waals surface area contributed by atoms with Crippen LogP contribution in [0.3, 0.4) is 0 Å². The Kier molecular flexibility index (Phi) is 3.46. The molecule has 2 heteroatoms. The third-order valence-electron chi connectivity index (χ3n) is 2.23. The summed E-state index contributed by atoms with van der Waals surface area (Å²) in [5.41, 5.74) is 0.275. The van der Waals surface area contributed by atoms with E-state index in [1.807, 2.05) is 37.3 Å². The normalized spacial score (nSPS) is 15.3. The lowest BCUT2D eigenvalue weighted by Gasteiger charge is -2.21. The van der Waals surface area contributed by atoms with Gasteiger partial charge in [0.15, 0.2) is 0 Å². The largest absolute Gasteiger partial charge is 0.380 e. The Morgan fingerprint density at radius 2 is 1.92 bits per heavy atom. The van der Waals surface area contributed by atoms with E-state index in [1.165, 1.54) is 0 Å². The van der Waals surface area contributed by atoms with E-state index in [0.717, 1.165) is 12.1 Å². The molecule has 0 amide bonds. The maximum Gasteiger partial charge on any atom is 0.135 e.